The summed E-state index contributed by atoms with van der Waals surface area (Å²) in [5, 5.41) is 2.79. The number of methoxy groups -OCH3 is 1. The summed E-state index contributed by atoms with van der Waals surface area (Å²) in [5.74, 6) is 0.251. The number of ether oxygens (including phenoxy) is 1. The fourth-order valence-electron chi connectivity index (χ4n) is 3.95. The first-order valence-electron chi connectivity index (χ1n) is 10.8. The van der Waals surface area contributed by atoms with Crippen molar-refractivity contribution in [1.29, 1.82) is 0 Å². The maximum absolute atomic E-state index is 13.2. The zero-order chi connectivity index (χ0) is 23.6. The standard InChI is InChI=1S/C23H27N3O5S2/c1-16-15-32-21-9-8-19(33(29,30)25-10-3-4-11-25)13-20(21)26(23(16)28)14-22(27)24-17-6-5-7-18(12-17)31-2/h5-9,12-13,16H,3-4,10-11,14-15H2,1-2H3,(H,24,27). The minimum absolute atomic E-state index is 0.143. The molecule has 0 saturated carbocycles. The minimum Gasteiger partial charge on any atom is -0.497 e. The number of nitrogens with one attached hydrogen (secondary N) is 1. The number of hydrogen-bond donors (Lipinski definition) is 1. The largest absolute Gasteiger partial charge is 0.497 e. The Kier molecular flexibility index (Phi) is 6.96. The first-order valence-corrected chi connectivity index (χ1v) is 13.2. The lowest BCUT2D eigenvalue weighted by atomic mass is 10.1. The van der Waals surface area contributed by atoms with Crippen LogP contribution < -0.4 is 15.0 Å². The molecule has 2 heterocycles. The number of hydrogen-bond acceptors (Lipinski definition) is 6. The quantitative estimate of drug-likeness (QED) is 0.670. The Balaban J connectivity index is 1.64. The van der Waals surface area contributed by atoms with Crippen LogP contribution in [0.25, 0.3) is 0 Å². The van der Waals surface area contributed by atoms with Crippen LogP contribution in [0.4, 0.5) is 11.4 Å². The molecular formula is C23H27N3O5S2. The summed E-state index contributed by atoms with van der Waals surface area (Å²) in [6.45, 7) is 2.59. The van der Waals surface area contributed by atoms with Crippen LogP contribution in [0.5, 0.6) is 5.75 Å². The Labute approximate surface area is 198 Å². The third-order valence-electron chi connectivity index (χ3n) is 5.76. The number of sulfonamides is 1. The Bertz CT molecular complexity index is 1160. The normalized spacial score (nSPS) is 19.2. The molecule has 1 saturated heterocycles. The topological polar surface area (TPSA) is 96.0 Å². The number of fused-ring (bicyclic) bond motifs is 1. The van der Waals surface area contributed by atoms with E-state index in [0.717, 1.165) is 17.7 Å². The smallest absolute Gasteiger partial charge is 0.244 e. The van der Waals surface area contributed by atoms with Crippen LogP contribution in [-0.4, -0.2) is 57.0 Å². The highest BCUT2D eigenvalue weighted by atomic mass is 32.2. The molecule has 0 bridgehead atoms. The van der Waals surface area contributed by atoms with E-state index in [1.165, 1.54) is 27.0 Å². The molecule has 2 aromatic carbocycles. The molecule has 2 aliphatic heterocycles. The van der Waals surface area contributed by atoms with Gasteiger partial charge in [0.2, 0.25) is 21.8 Å². The van der Waals surface area contributed by atoms with Crippen molar-refractivity contribution in [3.05, 3.63) is 42.5 Å². The molecule has 1 N–H and O–H groups in total. The predicted octanol–water partition coefficient (Wildman–Crippen LogP) is 3.19. The molecule has 1 unspecified atom stereocenters. The summed E-state index contributed by atoms with van der Waals surface area (Å²) in [4.78, 5) is 28.4. The fourth-order valence-corrected chi connectivity index (χ4v) is 6.54. The monoisotopic (exact) mass is 489 g/mol. The molecule has 33 heavy (non-hydrogen) atoms. The van der Waals surface area contributed by atoms with Gasteiger partial charge in [-0.2, -0.15) is 4.31 Å². The molecular weight excluding hydrogens is 462 g/mol. The minimum atomic E-state index is -3.65. The Morgan fingerprint density at radius 2 is 1.94 bits per heavy atom. The van der Waals surface area contributed by atoms with Gasteiger partial charge in [-0.05, 0) is 43.2 Å². The van der Waals surface area contributed by atoms with E-state index in [-0.39, 0.29) is 29.2 Å². The fraction of sp³-hybridized carbons (Fsp3) is 0.391. The summed E-state index contributed by atoms with van der Waals surface area (Å²) in [7, 11) is -2.11. The average Bonchev–Trinajstić information content (AvgIpc) is 3.33. The second kappa shape index (κ2) is 9.74. The molecule has 1 fully saturated rings. The van der Waals surface area contributed by atoms with Crippen molar-refractivity contribution in [2.45, 2.75) is 29.6 Å². The molecule has 0 spiro atoms. The van der Waals surface area contributed by atoms with E-state index in [9.17, 15) is 18.0 Å². The zero-order valence-electron chi connectivity index (χ0n) is 18.6. The van der Waals surface area contributed by atoms with Crippen molar-refractivity contribution in [1.82, 2.24) is 4.31 Å². The van der Waals surface area contributed by atoms with Gasteiger partial charge >= 0.3 is 0 Å². The van der Waals surface area contributed by atoms with Gasteiger partial charge in [0.05, 0.1) is 17.7 Å². The lowest BCUT2D eigenvalue weighted by molar-refractivity contribution is -0.123. The van der Waals surface area contributed by atoms with Gasteiger partial charge < -0.3 is 15.0 Å². The van der Waals surface area contributed by atoms with Crippen molar-refractivity contribution < 1.29 is 22.7 Å². The van der Waals surface area contributed by atoms with E-state index in [0.29, 0.717) is 36.0 Å². The maximum atomic E-state index is 13.2. The van der Waals surface area contributed by atoms with E-state index in [1.807, 2.05) is 6.92 Å². The van der Waals surface area contributed by atoms with Gasteiger partial charge in [0.15, 0.2) is 0 Å². The summed E-state index contributed by atoms with van der Waals surface area (Å²) in [5.41, 5.74) is 1.00. The maximum Gasteiger partial charge on any atom is 0.244 e. The van der Waals surface area contributed by atoms with E-state index in [4.69, 9.17) is 4.74 Å². The highest BCUT2D eigenvalue weighted by Gasteiger charge is 2.33. The third-order valence-corrected chi connectivity index (χ3v) is 8.97. The molecule has 8 nitrogen and oxygen atoms in total. The van der Waals surface area contributed by atoms with Crippen molar-refractivity contribution in [3.8, 4) is 5.75 Å². The van der Waals surface area contributed by atoms with Crippen molar-refractivity contribution >= 4 is 45.0 Å². The Morgan fingerprint density at radius 1 is 1.18 bits per heavy atom. The molecule has 2 aliphatic rings. The van der Waals surface area contributed by atoms with Gasteiger partial charge in [-0.1, -0.05) is 13.0 Å². The van der Waals surface area contributed by atoms with Gasteiger partial charge in [-0.25, -0.2) is 8.42 Å². The van der Waals surface area contributed by atoms with Crippen LogP contribution in [0.15, 0.2) is 52.3 Å². The third kappa shape index (κ3) is 5.02. The van der Waals surface area contributed by atoms with E-state index in [1.54, 1.807) is 43.5 Å². The molecule has 0 aliphatic carbocycles. The van der Waals surface area contributed by atoms with Gasteiger partial charge in [0.25, 0.3) is 0 Å². The summed E-state index contributed by atoms with van der Waals surface area (Å²) in [6.07, 6.45) is 1.68. The molecule has 10 heteroatoms. The van der Waals surface area contributed by atoms with Crippen LogP contribution in [0.3, 0.4) is 0 Å². The second-order valence-corrected chi connectivity index (χ2v) is 11.2. The summed E-state index contributed by atoms with van der Waals surface area (Å²) < 4.78 is 32.9. The Hall–Kier alpha value is -2.56. The van der Waals surface area contributed by atoms with Crippen LogP contribution in [-0.2, 0) is 19.6 Å². The van der Waals surface area contributed by atoms with Crippen molar-refractivity contribution in [2.75, 3.05) is 42.7 Å². The summed E-state index contributed by atoms with van der Waals surface area (Å²) in [6, 6.07) is 11.8. The summed E-state index contributed by atoms with van der Waals surface area (Å²) >= 11 is 1.49. The number of anilines is 2. The number of benzene rings is 2. The molecule has 1 atom stereocenters. The van der Waals surface area contributed by atoms with Crippen molar-refractivity contribution in [3.63, 3.8) is 0 Å². The molecule has 0 radical (unpaired) electrons. The number of nitrogens with zero attached hydrogens (tertiary/aromatic N) is 2. The first kappa shape index (κ1) is 23.6. The average molecular weight is 490 g/mol. The van der Waals surface area contributed by atoms with Gasteiger partial charge in [-0.3, -0.25) is 9.59 Å². The van der Waals surface area contributed by atoms with Crippen LogP contribution in [0.1, 0.15) is 19.8 Å². The van der Waals surface area contributed by atoms with Crippen molar-refractivity contribution in [2.24, 2.45) is 5.92 Å². The van der Waals surface area contributed by atoms with Gasteiger partial charge in [0.1, 0.15) is 12.3 Å². The first-order chi connectivity index (χ1) is 15.8. The molecule has 2 amide bonds. The van der Waals surface area contributed by atoms with Crippen LogP contribution in [0.2, 0.25) is 0 Å². The zero-order valence-corrected chi connectivity index (χ0v) is 20.2. The number of thioether (sulfide) groups is 1. The molecule has 176 valence electrons. The van der Waals surface area contributed by atoms with Gasteiger partial charge in [-0.15, -0.1) is 11.8 Å². The van der Waals surface area contributed by atoms with Gasteiger partial charge in [0, 0.05) is 41.4 Å². The van der Waals surface area contributed by atoms with Crippen LogP contribution >= 0.6 is 11.8 Å². The lowest BCUT2D eigenvalue weighted by Crippen LogP contribution is -2.41. The van der Waals surface area contributed by atoms with E-state index < -0.39 is 10.0 Å². The number of carbonyl (C=O) groups excluding carboxylic acids is 2. The SMILES string of the molecule is COc1cccc(NC(=O)CN2C(=O)C(C)CSc3ccc(S(=O)(=O)N4CCCC4)cc32)c1. The Morgan fingerprint density at radius 3 is 2.67 bits per heavy atom. The lowest BCUT2D eigenvalue weighted by Gasteiger charge is -2.25. The highest BCUT2D eigenvalue weighted by molar-refractivity contribution is 7.99. The van der Waals surface area contributed by atoms with E-state index >= 15 is 0 Å². The van der Waals surface area contributed by atoms with Crippen LogP contribution in [0, 0.1) is 5.92 Å². The molecule has 0 aromatic heterocycles. The number of rotatable bonds is 6. The van der Waals surface area contributed by atoms with E-state index in [2.05, 4.69) is 5.32 Å². The predicted molar refractivity (Wildman–Crippen MR) is 128 cm³/mol. The number of amides is 2. The molecule has 4 rings (SSSR count). The second-order valence-electron chi connectivity index (χ2n) is 8.16. The highest BCUT2D eigenvalue weighted by Crippen LogP contribution is 2.38. The molecule has 2 aromatic rings. The number of carbonyl (C=O) groups is 2.